The minimum absolute atomic E-state index is 0.0188. The normalized spacial score (nSPS) is 12.1. The monoisotopic (exact) mass is 246 g/mol. The van der Waals surface area contributed by atoms with E-state index in [1.807, 2.05) is 37.3 Å². The second kappa shape index (κ2) is 4.87. The van der Waals surface area contributed by atoms with E-state index in [4.69, 9.17) is 0 Å². The number of benzene rings is 1. The lowest BCUT2D eigenvalue weighted by Crippen LogP contribution is -2.30. The fourth-order valence-electron chi connectivity index (χ4n) is 1.67. The Balaban J connectivity index is 2.19. The molecule has 0 bridgehead atoms. The molecule has 0 saturated carbocycles. The topological polar surface area (TPSA) is 81.8 Å². The van der Waals surface area contributed by atoms with Gasteiger partial charge >= 0.3 is 5.69 Å². The smallest absolute Gasteiger partial charge is 0.332 e. The first-order chi connectivity index (χ1) is 8.59. The van der Waals surface area contributed by atoms with Crippen LogP contribution in [-0.4, -0.2) is 33.0 Å². The van der Waals surface area contributed by atoms with Crippen LogP contribution in [0.3, 0.4) is 0 Å². The molecule has 0 aliphatic heterocycles. The summed E-state index contributed by atoms with van der Waals surface area (Å²) in [6, 6.07) is 9.55. The average molecular weight is 246 g/mol. The van der Waals surface area contributed by atoms with Crippen molar-refractivity contribution in [2.24, 2.45) is 0 Å². The summed E-state index contributed by atoms with van der Waals surface area (Å²) < 4.78 is 0. The Morgan fingerprint density at radius 1 is 1.33 bits per heavy atom. The van der Waals surface area contributed by atoms with Gasteiger partial charge in [-0.3, -0.25) is 9.78 Å². The Morgan fingerprint density at radius 3 is 2.56 bits per heavy atom. The molecule has 1 aromatic heterocycles. The van der Waals surface area contributed by atoms with Crippen LogP contribution in [0.15, 0.2) is 35.1 Å². The quantitative estimate of drug-likeness (QED) is 0.845. The van der Waals surface area contributed by atoms with Gasteiger partial charge in [0.05, 0.1) is 6.04 Å². The maximum atomic E-state index is 12.0. The van der Waals surface area contributed by atoms with Gasteiger partial charge in [0.25, 0.3) is 5.91 Å². The molecular formula is C12H14N4O2. The zero-order valence-electron chi connectivity index (χ0n) is 10.2. The van der Waals surface area contributed by atoms with Crippen LogP contribution in [0, 0.1) is 0 Å². The van der Waals surface area contributed by atoms with Gasteiger partial charge < -0.3 is 4.90 Å². The summed E-state index contributed by atoms with van der Waals surface area (Å²) >= 11 is 0. The van der Waals surface area contributed by atoms with Gasteiger partial charge in [-0.25, -0.2) is 9.89 Å². The Labute approximate surface area is 104 Å². The van der Waals surface area contributed by atoms with Crippen molar-refractivity contribution >= 4 is 5.91 Å². The fraction of sp³-hybridized carbons (Fsp3) is 0.250. The molecule has 1 heterocycles. The van der Waals surface area contributed by atoms with E-state index in [-0.39, 0.29) is 17.8 Å². The molecule has 1 unspecified atom stereocenters. The van der Waals surface area contributed by atoms with Crippen LogP contribution in [0.25, 0.3) is 0 Å². The second-order valence-corrected chi connectivity index (χ2v) is 4.03. The lowest BCUT2D eigenvalue weighted by molar-refractivity contribution is 0.0730. The van der Waals surface area contributed by atoms with Crippen molar-refractivity contribution < 1.29 is 4.79 Å². The molecule has 2 rings (SSSR count). The predicted molar refractivity (Wildman–Crippen MR) is 66.2 cm³/mol. The molecule has 1 aromatic carbocycles. The van der Waals surface area contributed by atoms with Gasteiger partial charge in [-0.1, -0.05) is 30.3 Å². The van der Waals surface area contributed by atoms with Crippen molar-refractivity contribution in [2.75, 3.05) is 7.05 Å². The lowest BCUT2D eigenvalue weighted by Gasteiger charge is -2.24. The van der Waals surface area contributed by atoms with Crippen molar-refractivity contribution in [1.82, 2.24) is 20.1 Å². The van der Waals surface area contributed by atoms with Gasteiger partial charge in [0.15, 0.2) is 0 Å². The minimum Gasteiger partial charge on any atom is -0.332 e. The lowest BCUT2D eigenvalue weighted by atomic mass is 10.1. The van der Waals surface area contributed by atoms with E-state index in [0.717, 1.165) is 5.56 Å². The molecule has 2 N–H and O–H groups in total. The van der Waals surface area contributed by atoms with E-state index < -0.39 is 5.69 Å². The van der Waals surface area contributed by atoms with Gasteiger partial charge in [0.2, 0.25) is 5.82 Å². The van der Waals surface area contributed by atoms with Crippen LogP contribution in [0.5, 0.6) is 0 Å². The molecule has 0 radical (unpaired) electrons. The Morgan fingerprint density at radius 2 is 2.00 bits per heavy atom. The number of nitrogens with zero attached hydrogens (tertiary/aromatic N) is 2. The van der Waals surface area contributed by atoms with E-state index >= 15 is 0 Å². The van der Waals surface area contributed by atoms with Crippen molar-refractivity contribution in [2.45, 2.75) is 13.0 Å². The molecule has 6 nitrogen and oxygen atoms in total. The Hall–Kier alpha value is -2.37. The number of amides is 1. The van der Waals surface area contributed by atoms with Crippen molar-refractivity contribution in [3.63, 3.8) is 0 Å². The van der Waals surface area contributed by atoms with E-state index in [9.17, 15) is 9.59 Å². The number of H-pyrrole nitrogens is 2. The van der Waals surface area contributed by atoms with Crippen LogP contribution in [0.2, 0.25) is 0 Å². The number of hydrogen-bond donors (Lipinski definition) is 2. The highest BCUT2D eigenvalue weighted by molar-refractivity contribution is 5.90. The zero-order valence-corrected chi connectivity index (χ0v) is 10.2. The first-order valence-corrected chi connectivity index (χ1v) is 5.56. The first-order valence-electron chi connectivity index (χ1n) is 5.56. The summed E-state index contributed by atoms with van der Waals surface area (Å²) in [7, 11) is 1.67. The number of aromatic nitrogens is 3. The Bertz CT molecular complexity index is 587. The molecule has 2 aromatic rings. The molecule has 1 atom stereocenters. The molecule has 0 fully saturated rings. The summed E-state index contributed by atoms with van der Waals surface area (Å²) in [5.74, 6) is -0.310. The Kier molecular flexibility index (Phi) is 3.27. The zero-order chi connectivity index (χ0) is 13.1. The van der Waals surface area contributed by atoms with E-state index in [1.165, 1.54) is 4.90 Å². The van der Waals surface area contributed by atoms with Gasteiger partial charge in [-0.15, -0.1) is 5.10 Å². The summed E-state index contributed by atoms with van der Waals surface area (Å²) in [5.41, 5.74) is 0.533. The van der Waals surface area contributed by atoms with Crippen LogP contribution in [0.1, 0.15) is 29.1 Å². The number of nitrogens with one attached hydrogen (secondary N) is 2. The number of carbonyl (C=O) groups is 1. The molecule has 1 amide bonds. The summed E-state index contributed by atoms with van der Waals surface area (Å²) in [6.07, 6.45) is 0. The maximum Gasteiger partial charge on any atom is 0.341 e. The van der Waals surface area contributed by atoms with E-state index in [1.54, 1.807) is 7.05 Å². The van der Waals surface area contributed by atoms with Crippen LogP contribution in [-0.2, 0) is 0 Å². The first kappa shape index (κ1) is 12.1. The van der Waals surface area contributed by atoms with Crippen LogP contribution >= 0.6 is 0 Å². The third-order valence-electron chi connectivity index (χ3n) is 2.89. The van der Waals surface area contributed by atoms with Crippen molar-refractivity contribution in [1.29, 1.82) is 0 Å². The highest BCUT2D eigenvalue weighted by atomic mass is 16.2. The minimum atomic E-state index is -0.487. The summed E-state index contributed by atoms with van der Waals surface area (Å²) in [5, 5.41) is 5.80. The third kappa shape index (κ3) is 2.32. The molecule has 0 spiro atoms. The maximum absolute atomic E-state index is 12.0. The second-order valence-electron chi connectivity index (χ2n) is 4.03. The highest BCUT2D eigenvalue weighted by Gasteiger charge is 2.21. The number of rotatable bonds is 3. The predicted octanol–water partition coefficient (Wildman–Crippen LogP) is 0.931. The molecule has 0 aliphatic rings. The third-order valence-corrected chi connectivity index (χ3v) is 2.89. The fourth-order valence-corrected chi connectivity index (χ4v) is 1.67. The summed E-state index contributed by atoms with van der Waals surface area (Å²) in [4.78, 5) is 26.8. The number of carbonyl (C=O) groups excluding carboxylic acids is 1. The largest absolute Gasteiger partial charge is 0.341 e. The number of hydrogen-bond acceptors (Lipinski definition) is 3. The highest BCUT2D eigenvalue weighted by Crippen LogP contribution is 2.18. The van der Waals surface area contributed by atoms with Crippen molar-refractivity contribution in [3.8, 4) is 0 Å². The summed E-state index contributed by atoms with van der Waals surface area (Å²) in [6.45, 7) is 1.91. The molecule has 94 valence electrons. The molecule has 0 aliphatic carbocycles. The molecule has 0 saturated heterocycles. The molecule has 6 heteroatoms. The standard InChI is InChI=1S/C12H14N4O2/c1-8(9-6-4-3-5-7-9)16(2)11(17)10-13-12(18)15-14-10/h3-8H,1-2H3,(H2,13,14,15,18). The van der Waals surface area contributed by atoms with Gasteiger partial charge in [-0.2, -0.15) is 0 Å². The van der Waals surface area contributed by atoms with Crippen LogP contribution in [0.4, 0.5) is 0 Å². The number of aromatic amines is 2. The van der Waals surface area contributed by atoms with E-state index in [2.05, 4.69) is 15.2 Å². The average Bonchev–Trinajstić information content (AvgIpc) is 2.84. The van der Waals surface area contributed by atoms with Crippen LogP contribution < -0.4 is 5.69 Å². The van der Waals surface area contributed by atoms with E-state index in [0.29, 0.717) is 0 Å². The van der Waals surface area contributed by atoms with Gasteiger partial charge in [0, 0.05) is 7.05 Å². The molecular weight excluding hydrogens is 232 g/mol. The van der Waals surface area contributed by atoms with Gasteiger partial charge in [-0.05, 0) is 12.5 Å². The SMILES string of the molecule is CC(c1ccccc1)N(C)C(=O)c1n[nH]c(=O)[nH]1. The van der Waals surface area contributed by atoms with Crippen molar-refractivity contribution in [3.05, 3.63) is 52.2 Å². The molecule has 18 heavy (non-hydrogen) atoms. The van der Waals surface area contributed by atoms with Gasteiger partial charge in [0.1, 0.15) is 0 Å².